The van der Waals surface area contributed by atoms with Crippen LogP contribution in [-0.4, -0.2) is 16.2 Å². The second-order valence-corrected chi connectivity index (χ2v) is 4.33. The summed E-state index contributed by atoms with van der Waals surface area (Å²) in [5, 5.41) is 12.7. The van der Waals surface area contributed by atoms with Gasteiger partial charge in [0.2, 0.25) is 0 Å². The Morgan fingerprint density at radius 1 is 1.32 bits per heavy atom. The number of halogens is 2. The van der Waals surface area contributed by atoms with E-state index in [1.165, 1.54) is 6.07 Å². The van der Waals surface area contributed by atoms with Crippen molar-refractivity contribution < 1.29 is 23.2 Å². The van der Waals surface area contributed by atoms with Crippen molar-refractivity contribution in [2.45, 2.75) is 19.8 Å². The SMILES string of the molecule is CC(C)c1onc(-c2c(F)cccc2F)c1C(=O)O. The van der Waals surface area contributed by atoms with Gasteiger partial charge in [-0.25, -0.2) is 13.6 Å². The third-order valence-corrected chi connectivity index (χ3v) is 2.66. The average molecular weight is 267 g/mol. The lowest BCUT2D eigenvalue weighted by Gasteiger charge is -2.03. The van der Waals surface area contributed by atoms with Gasteiger partial charge in [0.15, 0.2) is 5.76 Å². The first-order chi connectivity index (χ1) is 8.93. The van der Waals surface area contributed by atoms with Crippen molar-refractivity contribution in [2.24, 2.45) is 0 Å². The average Bonchev–Trinajstić information content (AvgIpc) is 2.73. The second kappa shape index (κ2) is 4.79. The van der Waals surface area contributed by atoms with E-state index in [0.717, 1.165) is 12.1 Å². The molecule has 0 unspecified atom stereocenters. The molecule has 2 aromatic rings. The number of aromatic carboxylic acids is 1. The molecule has 0 aliphatic heterocycles. The number of carboxylic acid groups (broad SMARTS) is 1. The highest BCUT2D eigenvalue weighted by atomic mass is 19.1. The number of aromatic nitrogens is 1. The Labute approximate surface area is 107 Å². The van der Waals surface area contributed by atoms with Crippen molar-refractivity contribution in [1.29, 1.82) is 0 Å². The fraction of sp³-hybridized carbons (Fsp3) is 0.231. The number of carbonyl (C=O) groups is 1. The van der Waals surface area contributed by atoms with Crippen molar-refractivity contribution in [1.82, 2.24) is 5.16 Å². The van der Waals surface area contributed by atoms with Gasteiger partial charge in [0.25, 0.3) is 0 Å². The molecule has 0 spiro atoms. The lowest BCUT2D eigenvalue weighted by molar-refractivity contribution is 0.0694. The topological polar surface area (TPSA) is 63.3 Å². The first-order valence-electron chi connectivity index (χ1n) is 5.60. The van der Waals surface area contributed by atoms with Gasteiger partial charge in [-0.05, 0) is 12.1 Å². The van der Waals surface area contributed by atoms with Gasteiger partial charge in [-0.3, -0.25) is 0 Å². The summed E-state index contributed by atoms with van der Waals surface area (Å²) in [7, 11) is 0. The van der Waals surface area contributed by atoms with Gasteiger partial charge in [-0.1, -0.05) is 25.1 Å². The van der Waals surface area contributed by atoms with E-state index in [-0.39, 0.29) is 22.9 Å². The quantitative estimate of drug-likeness (QED) is 0.925. The van der Waals surface area contributed by atoms with Crippen molar-refractivity contribution in [3.05, 3.63) is 41.2 Å². The molecule has 0 aliphatic rings. The molecule has 1 heterocycles. The van der Waals surface area contributed by atoms with Gasteiger partial charge in [0, 0.05) is 5.92 Å². The van der Waals surface area contributed by atoms with E-state index >= 15 is 0 Å². The van der Waals surface area contributed by atoms with Gasteiger partial charge in [0.1, 0.15) is 22.9 Å². The van der Waals surface area contributed by atoms with Crippen LogP contribution in [0.25, 0.3) is 11.3 Å². The monoisotopic (exact) mass is 267 g/mol. The van der Waals surface area contributed by atoms with Crippen molar-refractivity contribution in [2.75, 3.05) is 0 Å². The molecule has 0 amide bonds. The Balaban J connectivity index is 2.73. The van der Waals surface area contributed by atoms with Crippen LogP contribution in [0.2, 0.25) is 0 Å². The van der Waals surface area contributed by atoms with Crippen LogP contribution in [0.1, 0.15) is 35.9 Å². The molecule has 2 rings (SSSR count). The molecular weight excluding hydrogens is 256 g/mol. The summed E-state index contributed by atoms with van der Waals surface area (Å²) in [6.07, 6.45) is 0. The fourth-order valence-corrected chi connectivity index (χ4v) is 1.80. The maximum Gasteiger partial charge on any atom is 0.341 e. The number of carboxylic acids is 1. The van der Waals surface area contributed by atoms with Crippen LogP contribution in [0.5, 0.6) is 0 Å². The maximum absolute atomic E-state index is 13.7. The molecule has 100 valence electrons. The molecule has 1 aromatic heterocycles. The highest BCUT2D eigenvalue weighted by Crippen LogP contribution is 2.32. The lowest BCUT2D eigenvalue weighted by atomic mass is 10.0. The minimum absolute atomic E-state index is 0.0881. The Hall–Kier alpha value is -2.24. The molecule has 0 saturated heterocycles. The number of nitrogens with zero attached hydrogens (tertiary/aromatic N) is 1. The van der Waals surface area contributed by atoms with E-state index < -0.39 is 23.2 Å². The van der Waals surface area contributed by atoms with Crippen LogP contribution in [0.15, 0.2) is 22.7 Å². The largest absolute Gasteiger partial charge is 0.477 e. The predicted octanol–water partition coefficient (Wildman–Crippen LogP) is 3.44. The van der Waals surface area contributed by atoms with E-state index in [1.54, 1.807) is 13.8 Å². The number of hydrogen-bond acceptors (Lipinski definition) is 3. The van der Waals surface area contributed by atoms with Gasteiger partial charge in [-0.2, -0.15) is 0 Å². The van der Waals surface area contributed by atoms with Crippen LogP contribution in [0.4, 0.5) is 8.78 Å². The normalized spacial score (nSPS) is 11.0. The zero-order valence-corrected chi connectivity index (χ0v) is 10.3. The van der Waals surface area contributed by atoms with Gasteiger partial charge >= 0.3 is 5.97 Å². The number of hydrogen-bond donors (Lipinski definition) is 1. The van der Waals surface area contributed by atoms with Crippen LogP contribution in [0, 0.1) is 11.6 Å². The van der Waals surface area contributed by atoms with E-state index in [2.05, 4.69) is 5.16 Å². The molecule has 1 N–H and O–H groups in total. The highest BCUT2D eigenvalue weighted by molar-refractivity contribution is 5.96. The summed E-state index contributed by atoms with van der Waals surface area (Å²) < 4.78 is 32.3. The summed E-state index contributed by atoms with van der Waals surface area (Å²) in [5.41, 5.74) is -1.12. The Kier molecular flexibility index (Phi) is 3.33. The van der Waals surface area contributed by atoms with E-state index in [1.807, 2.05) is 0 Å². The van der Waals surface area contributed by atoms with Crippen LogP contribution >= 0.6 is 0 Å². The first kappa shape index (κ1) is 13.2. The summed E-state index contributed by atoms with van der Waals surface area (Å²) in [5.74, 6) is -3.27. The van der Waals surface area contributed by atoms with Crippen LogP contribution in [-0.2, 0) is 0 Å². The van der Waals surface area contributed by atoms with Crippen molar-refractivity contribution in [3.63, 3.8) is 0 Å². The van der Waals surface area contributed by atoms with Crippen molar-refractivity contribution in [3.8, 4) is 11.3 Å². The smallest absolute Gasteiger partial charge is 0.341 e. The van der Waals surface area contributed by atoms with Crippen LogP contribution in [0.3, 0.4) is 0 Å². The lowest BCUT2D eigenvalue weighted by Crippen LogP contribution is -2.04. The fourth-order valence-electron chi connectivity index (χ4n) is 1.80. The van der Waals surface area contributed by atoms with E-state index in [0.29, 0.717) is 0 Å². The summed E-state index contributed by atoms with van der Waals surface area (Å²) in [4.78, 5) is 11.3. The minimum Gasteiger partial charge on any atom is -0.477 e. The molecule has 0 atom stereocenters. The van der Waals surface area contributed by atoms with Gasteiger partial charge in [0.05, 0.1) is 5.56 Å². The molecule has 1 aromatic carbocycles. The molecule has 0 bridgehead atoms. The van der Waals surface area contributed by atoms with Gasteiger partial charge < -0.3 is 9.63 Å². The zero-order chi connectivity index (χ0) is 14.2. The second-order valence-electron chi connectivity index (χ2n) is 4.33. The number of benzene rings is 1. The molecule has 19 heavy (non-hydrogen) atoms. The maximum atomic E-state index is 13.7. The molecule has 0 aliphatic carbocycles. The van der Waals surface area contributed by atoms with Crippen LogP contribution < -0.4 is 0 Å². The number of rotatable bonds is 3. The van der Waals surface area contributed by atoms with E-state index in [4.69, 9.17) is 4.52 Å². The Morgan fingerprint density at radius 3 is 2.37 bits per heavy atom. The Bertz CT molecular complexity index is 615. The molecule has 0 radical (unpaired) electrons. The minimum atomic E-state index is -1.33. The molecule has 0 saturated carbocycles. The standard InChI is InChI=1S/C13H11F2NO3/c1-6(2)12-10(13(17)18)11(16-19-12)9-7(14)4-3-5-8(9)15/h3-6H,1-2H3,(H,17,18). The van der Waals surface area contributed by atoms with Gasteiger partial charge in [-0.15, -0.1) is 0 Å². The summed E-state index contributed by atoms with van der Waals surface area (Å²) in [6, 6.07) is 3.26. The first-order valence-corrected chi connectivity index (χ1v) is 5.60. The van der Waals surface area contributed by atoms with Crippen molar-refractivity contribution >= 4 is 5.97 Å². The third kappa shape index (κ3) is 2.21. The third-order valence-electron chi connectivity index (χ3n) is 2.66. The predicted molar refractivity (Wildman–Crippen MR) is 62.9 cm³/mol. The molecular formula is C13H11F2NO3. The van der Waals surface area contributed by atoms with E-state index in [9.17, 15) is 18.7 Å². The molecule has 0 fully saturated rings. The zero-order valence-electron chi connectivity index (χ0n) is 10.3. The summed E-state index contributed by atoms with van der Waals surface area (Å²) in [6.45, 7) is 3.41. The molecule has 4 nitrogen and oxygen atoms in total. The Morgan fingerprint density at radius 2 is 1.89 bits per heavy atom. The summed E-state index contributed by atoms with van der Waals surface area (Å²) >= 11 is 0. The highest BCUT2D eigenvalue weighted by Gasteiger charge is 2.28. The molecule has 6 heteroatoms.